The molecule has 2 heterocycles. The topological polar surface area (TPSA) is 52.6 Å². The largest absolute Gasteiger partial charge is 0.390 e. The maximum atomic E-state index is 12.1. The molecule has 5 heteroatoms. The van der Waals surface area contributed by atoms with Gasteiger partial charge in [0.05, 0.1) is 5.60 Å². The zero-order valence-corrected chi connectivity index (χ0v) is 11.3. The lowest BCUT2D eigenvalue weighted by Crippen LogP contribution is -2.48. The van der Waals surface area contributed by atoms with Crippen molar-refractivity contribution in [3.63, 3.8) is 0 Å². The number of aliphatic hydroxyl groups is 1. The number of rotatable bonds is 2. The Morgan fingerprint density at radius 1 is 1.53 bits per heavy atom. The van der Waals surface area contributed by atoms with E-state index in [0.717, 1.165) is 18.1 Å². The molecule has 0 spiro atoms. The monoisotopic (exact) mass is 258 g/mol. The van der Waals surface area contributed by atoms with Crippen molar-refractivity contribution in [2.75, 3.05) is 31.1 Å². The minimum atomic E-state index is -0.574. The molecule has 17 heavy (non-hydrogen) atoms. The van der Waals surface area contributed by atoms with Crippen LogP contribution in [0.25, 0.3) is 0 Å². The summed E-state index contributed by atoms with van der Waals surface area (Å²) in [6, 6.07) is 0.337. The van der Waals surface area contributed by atoms with Crippen molar-refractivity contribution in [2.24, 2.45) is 0 Å². The minimum absolute atomic E-state index is 0.237. The fraction of sp³-hybridized carbons (Fsp3) is 0.917. The highest BCUT2D eigenvalue weighted by atomic mass is 32.2. The fourth-order valence-corrected chi connectivity index (χ4v) is 3.28. The number of nitrogens with one attached hydrogen (secondary N) is 1. The number of amides is 1. The van der Waals surface area contributed by atoms with Crippen LogP contribution in [-0.2, 0) is 4.79 Å². The number of piperidine rings is 1. The zero-order valence-electron chi connectivity index (χ0n) is 10.4. The lowest BCUT2D eigenvalue weighted by molar-refractivity contribution is -0.135. The number of nitrogens with zero attached hydrogens (tertiary/aromatic N) is 1. The van der Waals surface area contributed by atoms with Crippen LogP contribution in [0.4, 0.5) is 0 Å². The Bertz CT molecular complexity index is 268. The van der Waals surface area contributed by atoms with Crippen LogP contribution in [0.1, 0.15) is 26.2 Å². The molecule has 0 aromatic heterocycles. The van der Waals surface area contributed by atoms with E-state index in [0.29, 0.717) is 38.4 Å². The number of hydrogen-bond donors (Lipinski definition) is 2. The summed E-state index contributed by atoms with van der Waals surface area (Å²) in [5.74, 6) is 2.43. The smallest absolute Gasteiger partial charge is 0.224 e. The van der Waals surface area contributed by atoms with Gasteiger partial charge >= 0.3 is 0 Å². The molecule has 0 saturated carbocycles. The third-order valence-electron chi connectivity index (χ3n) is 3.61. The molecule has 0 radical (unpaired) electrons. The van der Waals surface area contributed by atoms with Crippen LogP contribution in [0, 0.1) is 0 Å². The highest BCUT2D eigenvalue weighted by Crippen LogP contribution is 2.22. The first-order valence-corrected chi connectivity index (χ1v) is 7.54. The van der Waals surface area contributed by atoms with Gasteiger partial charge in [0.1, 0.15) is 0 Å². The van der Waals surface area contributed by atoms with Gasteiger partial charge in [0.25, 0.3) is 0 Å². The van der Waals surface area contributed by atoms with Gasteiger partial charge in [-0.15, -0.1) is 0 Å². The van der Waals surface area contributed by atoms with Crippen LogP contribution in [0.5, 0.6) is 0 Å². The van der Waals surface area contributed by atoms with Crippen molar-refractivity contribution in [2.45, 2.75) is 37.8 Å². The van der Waals surface area contributed by atoms with Crippen LogP contribution in [0.3, 0.4) is 0 Å². The highest BCUT2D eigenvalue weighted by Gasteiger charge is 2.30. The molecule has 2 aliphatic rings. The van der Waals surface area contributed by atoms with Gasteiger partial charge in [-0.25, -0.2) is 0 Å². The normalized spacial score (nSPS) is 29.1. The van der Waals surface area contributed by atoms with Crippen LogP contribution in [0.2, 0.25) is 0 Å². The van der Waals surface area contributed by atoms with Gasteiger partial charge in [-0.05, 0) is 19.8 Å². The number of likely N-dealkylation sites (tertiary alicyclic amines) is 1. The van der Waals surface area contributed by atoms with Crippen LogP contribution >= 0.6 is 11.8 Å². The van der Waals surface area contributed by atoms with Gasteiger partial charge in [-0.1, -0.05) is 0 Å². The van der Waals surface area contributed by atoms with E-state index in [-0.39, 0.29) is 5.91 Å². The molecule has 1 atom stereocenters. The molecule has 0 aliphatic carbocycles. The van der Waals surface area contributed by atoms with E-state index in [2.05, 4.69) is 5.32 Å². The number of thioether (sulfide) groups is 1. The van der Waals surface area contributed by atoms with Gasteiger partial charge in [-0.2, -0.15) is 11.8 Å². The number of carbonyl (C=O) groups is 1. The van der Waals surface area contributed by atoms with Gasteiger partial charge in [0.2, 0.25) is 5.91 Å². The Morgan fingerprint density at radius 3 is 2.82 bits per heavy atom. The summed E-state index contributed by atoms with van der Waals surface area (Å²) in [4.78, 5) is 14.0. The standard InChI is InChI=1S/C12H22N2O2S/c1-12(16)2-5-14(6-3-12)11(15)8-10-9-17-7-4-13-10/h10,13,16H,2-9H2,1H3. The molecule has 1 amide bonds. The maximum absolute atomic E-state index is 12.1. The van der Waals surface area contributed by atoms with Crippen molar-refractivity contribution in [3.05, 3.63) is 0 Å². The molecule has 1 unspecified atom stereocenters. The predicted octanol–water partition coefficient (Wildman–Crippen LogP) is 0.455. The summed E-state index contributed by atoms with van der Waals surface area (Å²) in [7, 11) is 0. The summed E-state index contributed by atoms with van der Waals surface area (Å²) in [5.41, 5.74) is -0.574. The molecule has 0 aromatic rings. The third-order valence-corrected chi connectivity index (χ3v) is 4.74. The molecular formula is C12H22N2O2S. The van der Waals surface area contributed by atoms with E-state index in [1.165, 1.54) is 0 Å². The second kappa shape index (κ2) is 5.59. The van der Waals surface area contributed by atoms with E-state index >= 15 is 0 Å². The highest BCUT2D eigenvalue weighted by molar-refractivity contribution is 7.99. The molecule has 2 N–H and O–H groups in total. The second-order valence-electron chi connectivity index (χ2n) is 5.31. The van der Waals surface area contributed by atoms with E-state index in [1.54, 1.807) is 0 Å². The van der Waals surface area contributed by atoms with E-state index < -0.39 is 5.60 Å². The van der Waals surface area contributed by atoms with Crippen molar-refractivity contribution in [3.8, 4) is 0 Å². The zero-order chi connectivity index (χ0) is 12.3. The number of carbonyl (C=O) groups excluding carboxylic acids is 1. The van der Waals surface area contributed by atoms with Gasteiger partial charge < -0.3 is 15.3 Å². The Labute approximate surface area is 107 Å². The van der Waals surface area contributed by atoms with Gasteiger partial charge in [0.15, 0.2) is 0 Å². The quantitative estimate of drug-likeness (QED) is 0.755. The van der Waals surface area contributed by atoms with Crippen LogP contribution in [-0.4, -0.2) is 58.7 Å². The molecule has 0 aromatic carbocycles. The lowest BCUT2D eigenvalue weighted by Gasteiger charge is -2.36. The summed E-state index contributed by atoms with van der Waals surface area (Å²) >= 11 is 1.92. The first kappa shape index (κ1) is 13.2. The second-order valence-corrected chi connectivity index (χ2v) is 6.46. The lowest BCUT2D eigenvalue weighted by atomic mass is 9.93. The van der Waals surface area contributed by atoms with Gasteiger partial charge in [0, 0.05) is 43.6 Å². The molecule has 2 saturated heterocycles. The van der Waals surface area contributed by atoms with Crippen molar-refractivity contribution in [1.29, 1.82) is 0 Å². The SMILES string of the molecule is CC1(O)CCN(C(=O)CC2CSCCN2)CC1. The fourth-order valence-electron chi connectivity index (χ4n) is 2.33. The van der Waals surface area contributed by atoms with Crippen molar-refractivity contribution < 1.29 is 9.90 Å². The molecule has 2 fully saturated rings. The summed E-state index contributed by atoms with van der Waals surface area (Å²) in [6.45, 7) is 4.27. The van der Waals surface area contributed by atoms with E-state index in [4.69, 9.17) is 0 Å². The Balaban J connectivity index is 1.76. The Hall–Kier alpha value is -0.260. The molecular weight excluding hydrogens is 236 g/mol. The summed E-state index contributed by atoms with van der Waals surface area (Å²) in [6.07, 6.45) is 2.01. The predicted molar refractivity (Wildman–Crippen MR) is 70.2 cm³/mol. The van der Waals surface area contributed by atoms with Gasteiger partial charge in [-0.3, -0.25) is 4.79 Å². The minimum Gasteiger partial charge on any atom is -0.390 e. The first-order chi connectivity index (χ1) is 8.07. The van der Waals surface area contributed by atoms with Crippen LogP contribution in [0.15, 0.2) is 0 Å². The van der Waals surface area contributed by atoms with Crippen LogP contribution < -0.4 is 5.32 Å². The molecule has 98 valence electrons. The Morgan fingerprint density at radius 2 is 2.24 bits per heavy atom. The van der Waals surface area contributed by atoms with Crippen molar-refractivity contribution in [1.82, 2.24) is 10.2 Å². The molecule has 0 bridgehead atoms. The first-order valence-electron chi connectivity index (χ1n) is 6.38. The average Bonchev–Trinajstić information content (AvgIpc) is 2.30. The molecule has 2 rings (SSSR count). The third kappa shape index (κ3) is 3.86. The number of hydrogen-bond acceptors (Lipinski definition) is 4. The van der Waals surface area contributed by atoms with E-state index in [9.17, 15) is 9.90 Å². The average molecular weight is 258 g/mol. The summed E-state index contributed by atoms with van der Waals surface area (Å²) in [5, 5.41) is 13.2. The maximum Gasteiger partial charge on any atom is 0.224 e. The molecule has 2 aliphatic heterocycles. The van der Waals surface area contributed by atoms with E-state index in [1.807, 2.05) is 23.6 Å². The Kier molecular flexibility index (Phi) is 4.33. The summed E-state index contributed by atoms with van der Waals surface area (Å²) < 4.78 is 0. The molecule has 4 nitrogen and oxygen atoms in total. The van der Waals surface area contributed by atoms with Crippen molar-refractivity contribution >= 4 is 17.7 Å².